The number of hydrogen-bond acceptors (Lipinski definition) is 6. The Labute approximate surface area is 214 Å². The average molecular weight is 502 g/mol. The van der Waals surface area contributed by atoms with Crippen molar-refractivity contribution in [3.63, 3.8) is 0 Å². The number of aromatic nitrogens is 3. The number of ether oxygens (including phenoxy) is 1. The second-order valence-electron chi connectivity index (χ2n) is 10.8. The molecule has 4 aromatic rings. The number of nitrogens with zero attached hydrogens (tertiary/aromatic N) is 4. The first kappa shape index (κ1) is 23.5. The highest BCUT2D eigenvalue weighted by molar-refractivity contribution is 6.15. The van der Waals surface area contributed by atoms with Crippen molar-refractivity contribution in [1.82, 2.24) is 14.7 Å². The van der Waals surface area contributed by atoms with Crippen molar-refractivity contribution in [2.45, 2.75) is 38.3 Å². The zero-order chi connectivity index (χ0) is 25.9. The van der Waals surface area contributed by atoms with Gasteiger partial charge in [-0.15, -0.1) is 0 Å². The van der Waals surface area contributed by atoms with Crippen molar-refractivity contribution in [1.29, 1.82) is 0 Å². The van der Waals surface area contributed by atoms with Gasteiger partial charge in [-0.05, 0) is 44.4 Å². The fourth-order valence-electron chi connectivity index (χ4n) is 5.86. The molecular formula is C28H31N5O4. The maximum absolute atomic E-state index is 14.5. The van der Waals surface area contributed by atoms with E-state index in [-0.39, 0.29) is 17.4 Å². The third-order valence-electron chi connectivity index (χ3n) is 7.76. The van der Waals surface area contributed by atoms with Crippen LogP contribution in [-0.2, 0) is 10.3 Å². The van der Waals surface area contributed by atoms with E-state index >= 15 is 0 Å². The van der Waals surface area contributed by atoms with Crippen LogP contribution in [0.4, 0.5) is 11.4 Å². The molecule has 37 heavy (non-hydrogen) atoms. The molecule has 2 fully saturated rings. The summed E-state index contributed by atoms with van der Waals surface area (Å²) in [5, 5.41) is 5.09. The second-order valence-corrected chi connectivity index (χ2v) is 10.8. The summed E-state index contributed by atoms with van der Waals surface area (Å²) in [4.78, 5) is 33.3. The van der Waals surface area contributed by atoms with Gasteiger partial charge in [0, 0.05) is 31.2 Å². The number of nitrogens with one attached hydrogen (secondary N) is 1. The first-order chi connectivity index (χ1) is 17.7. The highest BCUT2D eigenvalue weighted by atomic mass is 16.5. The Balaban J connectivity index is 1.64. The largest absolute Gasteiger partial charge is 0.438 e. The molecule has 6 rings (SSSR count). The summed E-state index contributed by atoms with van der Waals surface area (Å²) in [6.45, 7) is 8.11. The maximum atomic E-state index is 14.5. The van der Waals surface area contributed by atoms with Crippen LogP contribution in [-0.4, -0.2) is 53.0 Å². The van der Waals surface area contributed by atoms with Gasteiger partial charge >= 0.3 is 5.76 Å². The topological polar surface area (TPSA) is 96.6 Å². The van der Waals surface area contributed by atoms with E-state index in [1.54, 1.807) is 11.9 Å². The van der Waals surface area contributed by atoms with Crippen LogP contribution in [0.2, 0.25) is 0 Å². The van der Waals surface area contributed by atoms with Gasteiger partial charge in [-0.3, -0.25) is 14.3 Å². The molecule has 0 bridgehead atoms. The molecule has 9 nitrogen and oxygen atoms in total. The second kappa shape index (κ2) is 8.34. The number of hydrogen-bond donors (Lipinski definition) is 1. The molecule has 1 amide bonds. The van der Waals surface area contributed by atoms with Crippen molar-refractivity contribution in [3.8, 4) is 0 Å². The van der Waals surface area contributed by atoms with Crippen molar-refractivity contribution in [2.75, 3.05) is 36.5 Å². The van der Waals surface area contributed by atoms with Crippen molar-refractivity contribution in [2.24, 2.45) is 5.92 Å². The van der Waals surface area contributed by atoms with Crippen LogP contribution < -0.4 is 15.6 Å². The summed E-state index contributed by atoms with van der Waals surface area (Å²) < 4.78 is 13.1. The van der Waals surface area contributed by atoms with E-state index in [0.717, 1.165) is 28.7 Å². The summed E-state index contributed by atoms with van der Waals surface area (Å²) in [7, 11) is 1.80. The Kier molecular flexibility index (Phi) is 5.31. The van der Waals surface area contributed by atoms with E-state index < -0.39 is 11.3 Å². The maximum Gasteiger partial charge on any atom is 0.438 e. The number of H-pyrrole nitrogens is 1. The van der Waals surface area contributed by atoms with E-state index in [9.17, 15) is 9.59 Å². The molecular weight excluding hydrogens is 470 g/mol. The number of fused-ring (bicyclic) bond motifs is 1. The van der Waals surface area contributed by atoms with E-state index in [0.29, 0.717) is 31.2 Å². The predicted octanol–water partition coefficient (Wildman–Crippen LogP) is 3.99. The number of benzene rings is 2. The summed E-state index contributed by atoms with van der Waals surface area (Å²) >= 11 is 0. The first-order valence-corrected chi connectivity index (χ1v) is 12.7. The Morgan fingerprint density at radius 1 is 1.14 bits per heavy atom. The Morgan fingerprint density at radius 3 is 2.49 bits per heavy atom. The molecule has 2 aromatic carbocycles. The van der Waals surface area contributed by atoms with E-state index in [1.165, 1.54) is 0 Å². The molecule has 192 valence electrons. The molecule has 9 heteroatoms. The number of carbonyl (C=O) groups is 1. The van der Waals surface area contributed by atoms with Crippen LogP contribution in [0, 0.1) is 5.92 Å². The minimum absolute atomic E-state index is 0.131. The third-order valence-corrected chi connectivity index (χ3v) is 7.76. The normalized spacial score (nSPS) is 22.8. The lowest BCUT2D eigenvalue weighted by atomic mass is 10.1. The first-order valence-electron chi connectivity index (χ1n) is 12.7. The van der Waals surface area contributed by atoms with Crippen LogP contribution in [0.5, 0.6) is 0 Å². The van der Waals surface area contributed by atoms with Crippen LogP contribution in [0.25, 0.3) is 10.9 Å². The number of rotatable bonds is 5. The summed E-state index contributed by atoms with van der Waals surface area (Å²) in [6.07, 6.45) is 0.720. The molecule has 1 aliphatic heterocycles. The Morgan fingerprint density at radius 2 is 1.84 bits per heavy atom. The zero-order valence-corrected chi connectivity index (χ0v) is 21.5. The molecule has 1 aliphatic carbocycles. The smallest absolute Gasteiger partial charge is 0.372 e. The van der Waals surface area contributed by atoms with Crippen LogP contribution in [0.1, 0.15) is 43.5 Å². The molecule has 3 heterocycles. The summed E-state index contributed by atoms with van der Waals surface area (Å²) in [5.74, 6) is -0.164. The van der Waals surface area contributed by atoms with Gasteiger partial charge in [-0.2, -0.15) is 0 Å². The van der Waals surface area contributed by atoms with Gasteiger partial charge in [0.15, 0.2) is 5.82 Å². The SMILES string of the molecule is C[C@H]1C[C@]1(c1noc(=O)[nH]1)n1c(C(=O)N(C)c2ccccc2)c(N2CCOC(C)(C)C2)c2ccccc21. The Hall–Kier alpha value is -3.85. The summed E-state index contributed by atoms with van der Waals surface area (Å²) in [6, 6.07) is 17.7. The number of aromatic amines is 1. The zero-order valence-electron chi connectivity index (χ0n) is 21.5. The van der Waals surface area contributed by atoms with Gasteiger partial charge in [0.2, 0.25) is 0 Å². The highest BCUT2D eigenvalue weighted by Gasteiger charge is 2.59. The number of anilines is 2. The van der Waals surface area contributed by atoms with Crippen LogP contribution >= 0.6 is 0 Å². The molecule has 2 atom stereocenters. The standard InChI is InChI=1S/C28H31N5O4/c1-18-16-28(18,25-29-26(35)37-30-25)33-21-13-9-8-12-20(21)22(32-14-15-36-27(2,3)17-32)23(33)24(34)31(4)19-10-6-5-7-11-19/h5-13,18H,14-17H2,1-4H3,(H,29,30,35)/t18-,28-/m0/s1. The van der Waals surface area contributed by atoms with Crippen LogP contribution in [0.3, 0.4) is 0 Å². The average Bonchev–Trinajstić information content (AvgIpc) is 3.21. The van der Waals surface area contributed by atoms with Crippen molar-refractivity contribution < 1.29 is 14.1 Å². The van der Waals surface area contributed by atoms with Gasteiger partial charge < -0.3 is 19.1 Å². The number of morpholine rings is 1. The monoisotopic (exact) mass is 501 g/mol. The van der Waals surface area contributed by atoms with Gasteiger partial charge in [-0.25, -0.2) is 4.79 Å². The van der Waals surface area contributed by atoms with Gasteiger partial charge in [0.25, 0.3) is 5.91 Å². The molecule has 2 aromatic heterocycles. The lowest BCUT2D eigenvalue weighted by Crippen LogP contribution is -2.49. The fourth-order valence-corrected chi connectivity index (χ4v) is 5.86. The number of para-hydroxylation sites is 2. The van der Waals surface area contributed by atoms with Gasteiger partial charge in [0.05, 0.1) is 23.4 Å². The van der Waals surface area contributed by atoms with E-state index in [1.807, 2.05) is 48.5 Å². The third kappa shape index (κ3) is 3.68. The van der Waals surface area contributed by atoms with Crippen LogP contribution in [0.15, 0.2) is 63.9 Å². The van der Waals surface area contributed by atoms with Gasteiger partial charge in [0.1, 0.15) is 11.2 Å². The Bertz CT molecular complexity index is 1530. The predicted molar refractivity (Wildman–Crippen MR) is 141 cm³/mol. The van der Waals surface area contributed by atoms with Gasteiger partial charge in [-0.1, -0.05) is 48.5 Å². The molecule has 1 N–H and O–H groups in total. The van der Waals surface area contributed by atoms with E-state index in [2.05, 4.69) is 46.4 Å². The molecule has 2 aliphatic rings. The fraction of sp³-hybridized carbons (Fsp3) is 0.393. The molecule has 0 unspecified atom stereocenters. The van der Waals surface area contributed by atoms with Crippen molar-refractivity contribution >= 4 is 28.2 Å². The quantitative estimate of drug-likeness (QED) is 0.444. The highest BCUT2D eigenvalue weighted by Crippen LogP contribution is 2.57. The van der Waals surface area contributed by atoms with Crippen molar-refractivity contribution in [3.05, 3.63) is 76.7 Å². The lowest BCUT2D eigenvalue weighted by Gasteiger charge is -2.40. The minimum atomic E-state index is -0.700. The van der Waals surface area contributed by atoms with E-state index in [4.69, 9.17) is 9.26 Å². The minimum Gasteiger partial charge on any atom is -0.372 e. The number of amides is 1. The molecule has 0 spiro atoms. The summed E-state index contributed by atoms with van der Waals surface area (Å²) in [5.41, 5.74) is 2.09. The number of carbonyl (C=O) groups excluding carboxylic acids is 1. The molecule has 0 radical (unpaired) electrons. The lowest BCUT2D eigenvalue weighted by molar-refractivity contribution is -0.0276. The molecule has 1 saturated heterocycles. The molecule has 1 saturated carbocycles.